The van der Waals surface area contributed by atoms with E-state index in [9.17, 15) is 10.1 Å². The number of hydrogen-bond acceptors (Lipinski definition) is 5. The maximum Gasteiger partial charge on any atom is 0.266 e. The van der Waals surface area contributed by atoms with Crippen LogP contribution in [0.5, 0.6) is 17.2 Å². The molecular weight excluding hydrogens is 356 g/mol. The second-order valence-electron chi connectivity index (χ2n) is 5.59. The van der Waals surface area contributed by atoms with Gasteiger partial charge in [0, 0.05) is 5.69 Å². The second kappa shape index (κ2) is 10.4. The predicted octanol–water partition coefficient (Wildman–Crippen LogP) is 4.20. The molecule has 2 aromatic rings. The van der Waals surface area contributed by atoms with Gasteiger partial charge in [0.15, 0.2) is 11.5 Å². The Bertz CT molecular complexity index is 896. The molecule has 0 saturated heterocycles. The largest absolute Gasteiger partial charge is 0.497 e. The SMILES string of the molecule is C=CCOc1ccc(/C=C(/C#N)C(=O)Nc2ccc(OC)cc2)cc1OCC. The van der Waals surface area contributed by atoms with Crippen molar-refractivity contribution in [2.45, 2.75) is 6.92 Å². The van der Waals surface area contributed by atoms with Crippen LogP contribution < -0.4 is 19.5 Å². The molecule has 0 heterocycles. The second-order valence-corrected chi connectivity index (χ2v) is 5.59. The highest BCUT2D eigenvalue weighted by atomic mass is 16.5. The van der Waals surface area contributed by atoms with Gasteiger partial charge < -0.3 is 19.5 Å². The van der Waals surface area contributed by atoms with Crippen molar-refractivity contribution in [3.63, 3.8) is 0 Å². The average molecular weight is 378 g/mol. The first-order chi connectivity index (χ1) is 13.6. The van der Waals surface area contributed by atoms with Gasteiger partial charge >= 0.3 is 0 Å². The summed E-state index contributed by atoms with van der Waals surface area (Å²) < 4.78 is 16.2. The van der Waals surface area contributed by atoms with Crippen LogP contribution in [0.1, 0.15) is 12.5 Å². The van der Waals surface area contributed by atoms with Gasteiger partial charge in [-0.05, 0) is 55.0 Å². The topological polar surface area (TPSA) is 80.6 Å². The van der Waals surface area contributed by atoms with Crippen molar-refractivity contribution in [1.82, 2.24) is 0 Å². The molecule has 2 aromatic carbocycles. The van der Waals surface area contributed by atoms with E-state index >= 15 is 0 Å². The number of anilines is 1. The number of carbonyl (C=O) groups is 1. The van der Waals surface area contributed by atoms with Crippen LogP contribution in [0.3, 0.4) is 0 Å². The van der Waals surface area contributed by atoms with Crippen LogP contribution in [0.25, 0.3) is 6.08 Å². The molecule has 6 nitrogen and oxygen atoms in total. The Labute approximate surface area is 164 Å². The van der Waals surface area contributed by atoms with Crippen molar-refractivity contribution in [3.05, 3.63) is 66.3 Å². The third-order valence-corrected chi connectivity index (χ3v) is 3.65. The number of amides is 1. The summed E-state index contributed by atoms with van der Waals surface area (Å²) in [5.41, 5.74) is 1.18. The molecule has 2 rings (SSSR count). The summed E-state index contributed by atoms with van der Waals surface area (Å²) in [6.45, 7) is 6.29. The van der Waals surface area contributed by atoms with E-state index in [1.54, 1.807) is 55.7 Å². The molecule has 1 amide bonds. The molecule has 0 spiro atoms. The van der Waals surface area contributed by atoms with Crippen molar-refractivity contribution in [2.75, 3.05) is 25.6 Å². The summed E-state index contributed by atoms with van der Waals surface area (Å²) >= 11 is 0. The van der Waals surface area contributed by atoms with Crippen molar-refractivity contribution in [2.24, 2.45) is 0 Å². The number of carbonyl (C=O) groups excluding carboxylic acids is 1. The molecule has 0 unspecified atom stereocenters. The quantitative estimate of drug-likeness (QED) is 0.402. The third kappa shape index (κ3) is 5.64. The van der Waals surface area contributed by atoms with Gasteiger partial charge in [-0.15, -0.1) is 0 Å². The maximum absolute atomic E-state index is 12.4. The van der Waals surface area contributed by atoms with E-state index in [4.69, 9.17) is 14.2 Å². The molecule has 0 fully saturated rings. The smallest absolute Gasteiger partial charge is 0.266 e. The summed E-state index contributed by atoms with van der Waals surface area (Å²) in [5.74, 6) is 1.28. The normalized spacial score (nSPS) is 10.5. The zero-order valence-corrected chi connectivity index (χ0v) is 15.9. The molecule has 0 bridgehead atoms. The van der Waals surface area contributed by atoms with Gasteiger partial charge in [-0.1, -0.05) is 18.7 Å². The molecule has 28 heavy (non-hydrogen) atoms. The predicted molar refractivity (Wildman–Crippen MR) is 109 cm³/mol. The van der Waals surface area contributed by atoms with E-state index < -0.39 is 5.91 Å². The molecule has 0 aromatic heterocycles. The number of benzene rings is 2. The fourth-order valence-corrected chi connectivity index (χ4v) is 2.34. The summed E-state index contributed by atoms with van der Waals surface area (Å²) in [6.07, 6.45) is 3.14. The average Bonchev–Trinajstić information content (AvgIpc) is 2.72. The van der Waals surface area contributed by atoms with Crippen molar-refractivity contribution < 1.29 is 19.0 Å². The molecule has 0 aliphatic heterocycles. The molecule has 0 aliphatic carbocycles. The van der Waals surface area contributed by atoms with Crippen LogP contribution >= 0.6 is 0 Å². The molecule has 0 saturated carbocycles. The van der Waals surface area contributed by atoms with E-state index in [0.717, 1.165) is 0 Å². The van der Waals surface area contributed by atoms with E-state index in [1.807, 2.05) is 13.0 Å². The molecule has 0 atom stereocenters. The highest BCUT2D eigenvalue weighted by molar-refractivity contribution is 6.09. The van der Waals surface area contributed by atoms with Crippen molar-refractivity contribution in [1.29, 1.82) is 5.26 Å². The molecule has 1 N–H and O–H groups in total. The summed E-state index contributed by atoms with van der Waals surface area (Å²) in [4.78, 5) is 12.4. The van der Waals surface area contributed by atoms with Crippen molar-refractivity contribution in [3.8, 4) is 23.3 Å². The standard InChI is InChI=1S/C22H22N2O4/c1-4-12-28-20-11-6-16(14-21(20)27-5-2)13-17(15-23)22(25)24-18-7-9-19(26-3)10-8-18/h4,6-11,13-14H,1,5,12H2,2-3H3,(H,24,25)/b17-13-. The highest BCUT2D eigenvalue weighted by Crippen LogP contribution is 2.29. The van der Waals surface area contributed by atoms with Gasteiger partial charge in [0.25, 0.3) is 5.91 Å². The van der Waals surface area contributed by atoms with E-state index in [1.165, 1.54) is 6.08 Å². The number of rotatable bonds is 9. The monoisotopic (exact) mass is 378 g/mol. The van der Waals surface area contributed by atoms with Crippen LogP contribution in [-0.4, -0.2) is 26.2 Å². The summed E-state index contributed by atoms with van der Waals surface area (Å²) in [7, 11) is 1.56. The highest BCUT2D eigenvalue weighted by Gasteiger charge is 2.11. The zero-order valence-electron chi connectivity index (χ0n) is 15.9. The van der Waals surface area contributed by atoms with Crippen LogP contribution in [0, 0.1) is 11.3 Å². The Kier molecular flexibility index (Phi) is 7.67. The number of nitriles is 1. The molecular formula is C22H22N2O4. The Morgan fingerprint density at radius 1 is 1.18 bits per heavy atom. The Hall–Kier alpha value is -3.72. The molecule has 144 valence electrons. The minimum absolute atomic E-state index is 0.0296. The summed E-state index contributed by atoms with van der Waals surface area (Å²) in [6, 6.07) is 14.0. The van der Waals surface area contributed by atoms with Gasteiger partial charge in [0.05, 0.1) is 13.7 Å². The lowest BCUT2D eigenvalue weighted by Crippen LogP contribution is -2.13. The van der Waals surface area contributed by atoms with Crippen LogP contribution in [-0.2, 0) is 4.79 Å². The zero-order chi connectivity index (χ0) is 20.4. The number of hydrogen-bond donors (Lipinski definition) is 1. The van der Waals surface area contributed by atoms with Gasteiger partial charge in [-0.25, -0.2) is 0 Å². The van der Waals surface area contributed by atoms with E-state index in [-0.39, 0.29) is 5.57 Å². The molecule has 6 heteroatoms. The van der Waals surface area contributed by atoms with Gasteiger partial charge in [-0.3, -0.25) is 4.79 Å². The Balaban J connectivity index is 2.21. The lowest BCUT2D eigenvalue weighted by molar-refractivity contribution is -0.112. The van der Waals surface area contributed by atoms with Crippen LogP contribution in [0.4, 0.5) is 5.69 Å². The summed E-state index contributed by atoms with van der Waals surface area (Å²) in [5, 5.41) is 12.1. The first kappa shape index (κ1) is 20.6. The van der Waals surface area contributed by atoms with E-state index in [2.05, 4.69) is 11.9 Å². The molecule has 0 aliphatic rings. The van der Waals surface area contributed by atoms with Crippen molar-refractivity contribution >= 4 is 17.7 Å². The number of nitrogens with zero attached hydrogens (tertiary/aromatic N) is 1. The third-order valence-electron chi connectivity index (χ3n) is 3.65. The van der Waals surface area contributed by atoms with Crippen LogP contribution in [0.2, 0.25) is 0 Å². The van der Waals surface area contributed by atoms with E-state index in [0.29, 0.717) is 41.7 Å². The number of nitrogens with one attached hydrogen (secondary N) is 1. The van der Waals surface area contributed by atoms with Gasteiger partial charge in [0.2, 0.25) is 0 Å². The fourth-order valence-electron chi connectivity index (χ4n) is 2.34. The van der Waals surface area contributed by atoms with Gasteiger partial charge in [-0.2, -0.15) is 5.26 Å². The fraction of sp³-hybridized carbons (Fsp3) is 0.182. The lowest BCUT2D eigenvalue weighted by Gasteiger charge is -2.11. The first-order valence-electron chi connectivity index (χ1n) is 8.69. The minimum Gasteiger partial charge on any atom is -0.497 e. The Morgan fingerprint density at radius 2 is 1.93 bits per heavy atom. The molecule has 0 radical (unpaired) electrons. The number of methoxy groups -OCH3 is 1. The lowest BCUT2D eigenvalue weighted by atomic mass is 10.1. The number of ether oxygens (including phenoxy) is 3. The van der Waals surface area contributed by atoms with Gasteiger partial charge in [0.1, 0.15) is 24.0 Å². The first-order valence-corrected chi connectivity index (χ1v) is 8.69. The maximum atomic E-state index is 12.4. The minimum atomic E-state index is -0.502. The van der Waals surface area contributed by atoms with Crippen LogP contribution in [0.15, 0.2) is 60.7 Å². The Morgan fingerprint density at radius 3 is 2.54 bits per heavy atom.